The quantitative estimate of drug-likeness (QED) is 0.364. The van der Waals surface area contributed by atoms with Gasteiger partial charge in [0, 0.05) is 30.1 Å². The molecule has 0 aromatic carbocycles. The standard InChI is InChI=1S/C15H16F2N4O.C10H12N4/c1-9(20-15(22)11-4-12(16)5-11)10-2-3-14(18-6-10)21-8-13(17)7-19-21;1-7-3-4-11-9(5-7)12-10-6-8(2)13-14-10/h2-3,6-9,11-12H,4-5H2,1H3,(H,20,22);3-6H,1-2H3,(H2,11,12,13,14). The molecule has 0 spiro atoms. The molecule has 5 rings (SSSR count). The Labute approximate surface area is 207 Å². The Kier molecular flexibility index (Phi) is 7.67. The minimum absolute atomic E-state index is 0.125. The molecule has 1 aliphatic rings. The smallest absolute Gasteiger partial charge is 0.223 e. The maximum absolute atomic E-state index is 12.9. The second-order valence-electron chi connectivity index (χ2n) is 8.83. The van der Waals surface area contributed by atoms with Crippen LogP contribution in [0.3, 0.4) is 0 Å². The predicted octanol–water partition coefficient (Wildman–Crippen LogP) is 4.50. The van der Waals surface area contributed by atoms with Crippen LogP contribution in [0, 0.1) is 25.6 Å². The summed E-state index contributed by atoms with van der Waals surface area (Å²) in [6.45, 7) is 5.83. The average Bonchev–Trinajstić information content (AvgIpc) is 3.45. The number of rotatable bonds is 6. The van der Waals surface area contributed by atoms with Crippen molar-refractivity contribution in [2.24, 2.45) is 5.92 Å². The SMILES string of the molecule is CC(NC(=O)C1CC(F)C1)c1ccc(-n2cc(F)cn2)nc1.Cc1ccnc(Nc2cc(C)[nH]n2)c1. The minimum atomic E-state index is -0.846. The third kappa shape index (κ3) is 6.49. The Bertz CT molecular complexity index is 1300. The van der Waals surface area contributed by atoms with E-state index in [0.29, 0.717) is 18.7 Å². The van der Waals surface area contributed by atoms with E-state index in [2.05, 4.69) is 35.9 Å². The maximum Gasteiger partial charge on any atom is 0.223 e. The molecule has 0 bridgehead atoms. The number of aromatic amines is 1. The van der Waals surface area contributed by atoms with Crippen LogP contribution in [-0.2, 0) is 4.79 Å². The van der Waals surface area contributed by atoms with E-state index in [1.165, 1.54) is 16.4 Å². The molecule has 1 fully saturated rings. The van der Waals surface area contributed by atoms with E-state index in [4.69, 9.17) is 0 Å². The summed E-state index contributed by atoms with van der Waals surface area (Å²) in [6, 6.07) is 9.15. The second kappa shape index (κ2) is 11.1. The van der Waals surface area contributed by atoms with Gasteiger partial charge in [0.15, 0.2) is 17.5 Å². The molecule has 1 atom stereocenters. The van der Waals surface area contributed by atoms with E-state index in [9.17, 15) is 13.6 Å². The Morgan fingerprint density at radius 3 is 2.53 bits per heavy atom. The number of carbonyl (C=O) groups excluding carboxylic acids is 1. The molecule has 11 heteroatoms. The number of anilines is 2. The number of carbonyl (C=O) groups is 1. The van der Waals surface area contributed by atoms with Crippen molar-refractivity contribution >= 4 is 17.5 Å². The molecular weight excluding hydrogens is 466 g/mol. The second-order valence-corrected chi connectivity index (χ2v) is 8.83. The molecule has 9 nitrogen and oxygen atoms in total. The highest BCUT2D eigenvalue weighted by Crippen LogP contribution is 2.30. The third-order valence-corrected chi connectivity index (χ3v) is 5.74. The van der Waals surface area contributed by atoms with Crippen molar-refractivity contribution in [3.05, 3.63) is 77.8 Å². The van der Waals surface area contributed by atoms with Crippen LogP contribution in [0.2, 0.25) is 0 Å². The maximum atomic E-state index is 12.9. The largest absolute Gasteiger partial charge is 0.349 e. The van der Waals surface area contributed by atoms with E-state index in [1.54, 1.807) is 24.5 Å². The number of nitrogens with one attached hydrogen (secondary N) is 3. The summed E-state index contributed by atoms with van der Waals surface area (Å²) >= 11 is 0. The monoisotopic (exact) mass is 494 g/mol. The van der Waals surface area contributed by atoms with E-state index >= 15 is 0 Å². The van der Waals surface area contributed by atoms with Gasteiger partial charge < -0.3 is 10.6 Å². The zero-order valence-electron chi connectivity index (χ0n) is 20.2. The van der Waals surface area contributed by atoms with Crippen LogP contribution >= 0.6 is 0 Å². The van der Waals surface area contributed by atoms with Crippen molar-refractivity contribution in [2.45, 2.75) is 45.8 Å². The highest BCUT2D eigenvalue weighted by atomic mass is 19.1. The number of hydrogen-bond donors (Lipinski definition) is 3. The topological polar surface area (TPSA) is 113 Å². The lowest BCUT2D eigenvalue weighted by molar-refractivity contribution is -0.130. The number of pyridine rings is 2. The van der Waals surface area contributed by atoms with Crippen LogP contribution < -0.4 is 10.6 Å². The first-order valence-electron chi connectivity index (χ1n) is 11.6. The van der Waals surface area contributed by atoms with Crippen LogP contribution in [0.15, 0.2) is 55.1 Å². The van der Waals surface area contributed by atoms with Crippen molar-refractivity contribution < 1.29 is 13.6 Å². The lowest BCUT2D eigenvalue weighted by Gasteiger charge is -2.29. The molecule has 1 saturated carbocycles. The van der Waals surface area contributed by atoms with Gasteiger partial charge in [0.1, 0.15) is 12.0 Å². The highest BCUT2D eigenvalue weighted by molar-refractivity contribution is 5.80. The van der Waals surface area contributed by atoms with E-state index in [1.807, 2.05) is 39.0 Å². The van der Waals surface area contributed by atoms with Crippen molar-refractivity contribution in [3.8, 4) is 5.82 Å². The molecule has 1 amide bonds. The van der Waals surface area contributed by atoms with Crippen molar-refractivity contribution in [1.82, 2.24) is 35.3 Å². The summed E-state index contributed by atoms with van der Waals surface area (Å²) in [5.74, 6) is 1.32. The molecule has 1 unspecified atom stereocenters. The summed E-state index contributed by atoms with van der Waals surface area (Å²) in [6.07, 6.45) is 5.49. The predicted molar refractivity (Wildman–Crippen MR) is 131 cm³/mol. The molecule has 0 aliphatic heterocycles. The number of aryl methyl sites for hydroxylation is 2. The number of aromatic nitrogens is 6. The fourth-order valence-corrected chi connectivity index (χ4v) is 3.61. The lowest BCUT2D eigenvalue weighted by atomic mass is 9.82. The van der Waals surface area contributed by atoms with Crippen molar-refractivity contribution in [1.29, 1.82) is 0 Å². The van der Waals surface area contributed by atoms with Crippen LogP contribution in [-0.4, -0.2) is 42.0 Å². The summed E-state index contributed by atoms with van der Waals surface area (Å²) in [7, 11) is 0. The normalized spacial score (nSPS) is 17.4. The highest BCUT2D eigenvalue weighted by Gasteiger charge is 2.34. The molecular formula is C25H28F2N8O. The number of alkyl halides is 1. The summed E-state index contributed by atoms with van der Waals surface area (Å²) in [5, 5.41) is 16.7. The first kappa shape index (κ1) is 25.0. The number of hydrogen-bond acceptors (Lipinski definition) is 6. The van der Waals surface area contributed by atoms with Gasteiger partial charge in [-0.05, 0) is 62.9 Å². The summed E-state index contributed by atoms with van der Waals surface area (Å²) < 4.78 is 27.0. The van der Waals surface area contributed by atoms with E-state index in [0.717, 1.165) is 29.1 Å². The molecule has 0 saturated heterocycles. The van der Waals surface area contributed by atoms with Gasteiger partial charge in [-0.2, -0.15) is 10.2 Å². The molecule has 4 aromatic rings. The Morgan fingerprint density at radius 2 is 1.94 bits per heavy atom. The van der Waals surface area contributed by atoms with Crippen LogP contribution in [0.1, 0.15) is 42.6 Å². The molecule has 36 heavy (non-hydrogen) atoms. The van der Waals surface area contributed by atoms with Gasteiger partial charge in [0.2, 0.25) is 5.91 Å². The molecule has 3 N–H and O–H groups in total. The number of halogens is 2. The Hall–Kier alpha value is -4.15. The minimum Gasteiger partial charge on any atom is -0.349 e. The number of H-pyrrole nitrogens is 1. The first-order chi connectivity index (χ1) is 17.3. The zero-order chi connectivity index (χ0) is 25.7. The van der Waals surface area contributed by atoms with Crippen LogP contribution in [0.5, 0.6) is 0 Å². The van der Waals surface area contributed by atoms with Crippen LogP contribution in [0.25, 0.3) is 5.82 Å². The van der Waals surface area contributed by atoms with E-state index in [-0.39, 0.29) is 17.9 Å². The van der Waals surface area contributed by atoms with Gasteiger partial charge in [-0.15, -0.1) is 0 Å². The van der Waals surface area contributed by atoms with E-state index < -0.39 is 12.0 Å². The molecule has 188 valence electrons. The third-order valence-electron chi connectivity index (χ3n) is 5.74. The summed E-state index contributed by atoms with van der Waals surface area (Å²) in [4.78, 5) is 20.3. The van der Waals surface area contributed by atoms with Gasteiger partial charge in [-0.25, -0.2) is 23.4 Å². The molecule has 1 aliphatic carbocycles. The average molecular weight is 495 g/mol. The fraction of sp³-hybridized carbons (Fsp3) is 0.320. The fourth-order valence-electron chi connectivity index (χ4n) is 3.61. The van der Waals surface area contributed by atoms with Gasteiger partial charge in [0.05, 0.1) is 18.4 Å². The number of nitrogens with zero attached hydrogens (tertiary/aromatic N) is 5. The zero-order valence-corrected chi connectivity index (χ0v) is 20.2. The van der Waals surface area contributed by atoms with Gasteiger partial charge in [-0.1, -0.05) is 6.07 Å². The molecule has 4 heterocycles. The van der Waals surface area contributed by atoms with Crippen molar-refractivity contribution in [3.63, 3.8) is 0 Å². The Morgan fingerprint density at radius 1 is 1.14 bits per heavy atom. The van der Waals surface area contributed by atoms with Gasteiger partial charge >= 0.3 is 0 Å². The molecule has 4 aromatic heterocycles. The van der Waals surface area contributed by atoms with Crippen molar-refractivity contribution in [2.75, 3.05) is 5.32 Å². The van der Waals surface area contributed by atoms with Gasteiger partial charge in [0.25, 0.3) is 0 Å². The molecule has 0 radical (unpaired) electrons. The van der Waals surface area contributed by atoms with Crippen LogP contribution in [0.4, 0.5) is 20.4 Å². The van der Waals surface area contributed by atoms with Gasteiger partial charge in [-0.3, -0.25) is 9.89 Å². The number of amides is 1. The lowest BCUT2D eigenvalue weighted by Crippen LogP contribution is -2.40. The Balaban J connectivity index is 0.000000187. The summed E-state index contributed by atoms with van der Waals surface area (Å²) in [5.41, 5.74) is 3.02. The first-order valence-corrected chi connectivity index (χ1v) is 11.6.